The Balaban J connectivity index is 2.24. The van der Waals surface area contributed by atoms with Gasteiger partial charge >= 0.3 is 0 Å². The standard InChI is InChI=1S/C12H23N3O/c1-3-4-11(6-8-16)9-13-10-12-5-7-14-15(12)2/h5,7,11,13,16H,3-4,6,8-10H2,1-2H3. The molecule has 0 saturated carbocycles. The second-order valence-corrected chi connectivity index (χ2v) is 4.24. The average molecular weight is 225 g/mol. The minimum atomic E-state index is 0.290. The molecule has 2 N–H and O–H groups in total. The van der Waals surface area contributed by atoms with E-state index in [2.05, 4.69) is 17.3 Å². The van der Waals surface area contributed by atoms with E-state index < -0.39 is 0 Å². The highest BCUT2D eigenvalue weighted by Crippen LogP contribution is 2.09. The van der Waals surface area contributed by atoms with Crippen LogP contribution in [0.15, 0.2) is 12.3 Å². The number of aliphatic hydroxyl groups is 1. The number of aryl methyl sites for hydroxylation is 1. The Morgan fingerprint density at radius 3 is 2.88 bits per heavy atom. The fourth-order valence-electron chi connectivity index (χ4n) is 1.92. The van der Waals surface area contributed by atoms with Crippen LogP contribution in [0.25, 0.3) is 0 Å². The van der Waals surface area contributed by atoms with E-state index in [1.807, 2.05) is 24.0 Å². The molecule has 0 aliphatic rings. The zero-order valence-electron chi connectivity index (χ0n) is 10.3. The summed E-state index contributed by atoms with van der Waals surface area (Å²) in [4.78, 5) is 0. The molecule has 0 bridgehead atoms. The third kappa shape index (κ3) is 4.33. The van der Waals surface area contributed by atoms with Crippen LogP contribution in [0.1, 0.15) is 31.9 Å². The summed E-state index contributed by atoms with van der Waals surface area (Å²) in [5.41, 5.74) is 1.19. The van der Waals surface area contributed by atoms with Gasteiger partial charge in [0.2, 0.25) is 0 Å². The lowest BCUT2D eigenvalue weighted by molar-refractivity contribution is 0.247. The van der Waals surface area contributed by atoms with E-state index in [1.165, 1.54) is 18.5 Å². The quantitative estimate of drug-likeness (QED) is 0.701. The monoisotopic (exact) mass is 225 g/mol. The Morgan fingerprint density at radius 2 is 2.31 bits per heavy atom. The molecule has 4 nitrogen and oxygen atoms in total. The first-order chi connectivity index (χ1) is 7.77. The van der Waals surface area contributed by atoms with Gasteiger partial charge in [-0.3, -0.25) is 4.68 Å². The first-order valence-electron chi connectivity index (χ1n) is 6.06. The molecular formula is C12H23N3O. The van der Waals surface area contributed by atoms with Crippen LogP contribution in [0.5, 0.6) is 0 Å². The molecule has 92 valence electrons. The van der Waals surface area contributed by atoms with Gasteiger partial charge in [0.15, 0.2) is 0 Å². The van der Waals surface area contributed by atoms with Gasteiger partial charge in [0.1, 0.15) is 0 Å². The summed E-state index contributed by atoms with van der Waals surface area (Å²) in [7, 11) is 1.95. The largest absolute Gasteiger partial charge is 0.396 e. The molecule has 16 heavy (non-hydrogen) atoms. The second kappa shape index (κ2) is 7.41. The normalized spacial score (nSPS) is 12.9. The zero-order chi connectivity index (χ0) is 11.8. The van der Waals surface area contributed by atoms with Crippen molar-refractivity contribution in [3.8, 4) is 0 Å². The highest BCUT2D eigenvalue weighted by atomic mass is 16.3. The van der Waals surface area contributed by atoms with Crippen molar-refractivity contribution in [1.29, 1.82) is 0 Å². The average Bonchev–Trinajstić information content (AvgIpc) is 2.65. The lowest BCUT2D eigenvalue weighted by atomic mass is 10.0. The zero-order valence-corrected chi connectivity index (χ0v) is 10.3. The van der Waals surface area contributed by atoms with E-state index in [0.717, 1.165) is 19.5 Å². The molecule has 1 aromatic rings. The Kier molecular flexibility index (Phi) is 6.11. The van der Waals surface area contributed by atoms with E-state index >= 15 is 0 Å². The number of hydrogen-bond acceptors (Lipinski definition) is 3. The Morgan fingerprint density at radius 1 is 1.50 bits per heavy atom. The lowest BCUT2D eigenvalue weighted by Gasteiger charge is -2.15. The molecule has 0 saturated heterocycles. The molecule has 0 aliphatic carbocycles. The maximum absolute atomic E-state index is 8.95. The predicted octanol–water partition coefficient (Wildman–Crippen LogP) is 1.31. The third-order valence-corrected chi connectivity index (χ3v) is 2.90. The fourth-order valence-corrected chi connectivity index (χ4v) is 1.92. The summed E-state index contributed by atoms with van der Waals surface area (Å²) in [6.07, 6.45) is 5.07. The molecule has 1 unspecified atom stereocenters. The molecular weight excluding hydrogens is 202 g/mol. The Bertz CT molecular complexity index is 280. The SMILES string of the molecule is CCCC(CCO)CNCc1ccnn1C. The molecule has 1 atom stereocenters. The van der Waals surface area contributed by atoms with Crippen LogP contribution in [0.3, 0.4) is 0 Å². The van der Waals surface area contributed by atoms with Crippen molar-refractivity contribution in [2.45, 2.75) is 32.7 Å². The van der Waals surface area contributed by atoms with Crippen LogP contribution >= 0.6 is 0 Å². The van der Waals surface area contributed by atoms with E-state index in [-0.39, 0.29) is 6.61 Å². The number of nitrogens with one attached hydrogen (secondary N) is 1. The van der Waals surface area contributed by atoms with Gasteiger partial charge in [0.25, 0.3) is 0 Å². The Hall–Kier alpha value is -0.870. The predicted molar refractivity (Wildman–Crippen MR) is 65.0 cm³/mol. The third-order valence-electron chi connectivity index (χ3n) is 2.90. The molecule has 0 radical (unpaired) electrons. The van der Waals surface area contributed by atoms with Gasteiger partial charge < -0.3 is 10.4 Å². The molecule has 1 rings (SSSR count). The first kappa shape index (κ1) is 13.2. The summed E-state index contributed by atoms with van der Waals surface area (Å²) < 4.78 is 1.88. The summed E-state index contributed by atoms with van der Waals surface area (Å²) in [5.74, 6) is 0.586. The van der Waals surface area contributed by atoms with Crippen LogP contribution in [0.2, 0.25) is 0 Å². The van der Waals surface area contributed by atoms with Gasteiger partial charge in [0.05, 0.1) is 5.69 Å². The first-order valence-corrected chi connectivity index (χ1v) is 6.06. The number of rotatable bonds is 8. The lowest BCUT2D eigenvalue weighted by Crippen LogP contribution is -2.24. The van der Waals surface area contributed by atoms with Crippen LogP contribution in [-0.4, -0.2) is 28.0 Å². The molecule has 1 heterocycles. The Labute approximate surface area is 97.7 Å². The van der Waals surface area contributed by atoms with Crippen molar-refractivity contribution in [3.05, 3.63) is 18.0 Å². The van der Waals surface area contributed by atoms with E-state index in [4.69, 9.17) is 5.11 Å². The van der Waals surface area contributed by atoms with Crippen molar-refractivity contribution in [2.75, 3.05) is 13.2 Å². The van der Waals surface area contributed by atoms with Crippen LogP contribution in [0.4, 0.5) is 0 Å². The topological polar surface area (TPSA) is 50.1 Å². The van der Waals surface area contributed by atoms with Gasteiger partial charge in [-0.1, -0.05) is 13.3 Å². The van der Waals surface area contributed by atoms with Gasteiger partial charge in [-0.25, -0.2) is 0 Å². The molecule has 0 fully saturated rings. The molecule has 0 amide bonds. The molecule has 4 heteroatoms. The smallest absolute Gasteiger partial charge is 0.0518 e. The van der Waals surface area contributed by atoms with Gasteiger partial charge in [-0.15, -0.1) is 0 Å². The van der Waals surface area contributed by atoms with Crippen molar-refractivity contribution in [1.82, 2.24) is 15.1 Å². The van der Waals surface area contributed by atoms with Gasteiger partial charge in [0, 0.05) is 26.4 Å². The summed E-state index contributed by atoms with van der Waals surface area (Å²) in [6, 6.07) is 2.02. The highest BCUT2D eigenvalue weighted by molar-refractivity contribution is 4.99. The summed E-state index contributed by atoms with van der Waals surface area (Å²) in [5, 5.41) is 16.5. The van der Waals surface area contributed by atoms with Crippen molar-refractivity contribution in [2.24, 2.45) is 13.0 Å². The minimum absolute atomic E-state index is 0.290. The number of aromatic nitrogens is 2. The maximum atomic E-state index is 8.95. The van der Waals surface area contributed by atoms with Gasteiger partial charge in [-0.2, -0.15) is 5.10 Å². The second-order valence-electron chi connectivity index (χ2n) is 4.24. The highest BCUT2D eigenvalue weighted by Gasteiger charge is 2.07. The van der Waals surface area contributed by atoms with Crippen LogP contribution in [0, 0.1) is 5.92 Å². The van der Waals surface area contributed by atoms with E-state index in [1.54, 1.807) is 0 Å². The molecule has 1 aromatic heterocycles. The minimum Gasteiger partial charge on any atom is -0.396 e. The summed E-state index contributed by atoms with van der Waals surface area (Å²) >= 11 is 0. The van der Waals surface area contributed by atoms with E-state index in [9.17, 15) is 0 Å². The number of aliphatic hydroxyl groups excluding tert-OH is 1. The number of hydrogen-bond donors (Lipinski definition) is 2. The molecule has 0 aromatic carbocycles. The number of nitrogens with zero attached hydrogens (tertiary/aromatic N) is 2. The van der Waals surface area contributed by atoms with Crippen molar-refractivity contribution >= 4 is 0 Å². The molecule has 0 spiro atoms. The van der Waals surface area contributed by atoms with E-state index in [0.29, 0.717) is 5.92 Å². The van der Waals surface area contributed by atoms with Crippen LogP contribution < -0.4 is 5.32 Å². The van der Waals surface area contributed by atoms with Crippen molar-refractivity contribution in [3.63, 3.8) is 0 Å². The maximum Gasteiger partial charge on any atom is 0.0518 e. The summed E-state index contributed by atoms with van der Waals surface area (Å²) in [6.45, 7) is 4.30. The molecule has 0 aliphatic heterocycles. The fraction of sp³-hybridized carbons (Fsp3) is 0.750. The van der Waals surface area contributed by atoms with Crippen LogP contribution in [-0.2, 0) is 13.6 Å². The van der Waals surface area contributed by atoms with Crippen molar-refractivity contribution < 1.29 is 5.11 Å². The van der Waals surface area contributed by atoms with Gasteiger partial charge in [-0.05, 0) is 31.4 Å².